The van der Waals surface area contributed by atoms with E-state index >= 15 is 0 Å². The van der Waals surface area contributed by atoms with Gasteiger partial charge in [0, 0.05) is 28.9 Å². The quantitative estimate of drug-likeness (QED) is 0.258. The molecule has 3 heterocycles. The van der Waals surface area contributed by atoms with Gasteiger partial charge in [-0.05, 0) is 53.4 Å². The van der Waals surface area contributed by atoms with Gasteiger partial charge < -0.3 is 10.1 Å². The summed E-state index contributed by atoms with van der Waals surface area (Å²) in [5.74, 6) is 1.79. The predicted octanol–water partition coefficient (Wildman–Crippen LogP) is 6.67. The van der Waals surface area contributed by atoms with Gasteiger partial charge in [0.25, 0.3) is 0 Å². The van der Waals surface area contributed by atoms with E-state index < -0.39 is 5.82 Å². The van der Waals surface area contributed by atoms with Crippen LogP contribution < -0.4 is 10.1 Å². The molecular formula is C27H24ClFN6O. The van der Waals surface area contributed by atoms with E-state index in [0.29, 0.717) is 40.0 Å². The minimum Gasteiger partial charge on any atom is -0.497 e. The number of halogens is 2. The maximum atomic E-state index is 14.6. The summed E-state index contributed by atoms with van der Waals surface area (Å²) in [5.41, 5.74) is 4.21. The lowest BCUT2D eigenvalue weighted by Crippen LogP contribution is -2.05. The molecule has 36 heavy (non-hydrogen) atoms. The molecule has 182 valence electrons. The molecule has 5 aromatic rings. The summed E-state index contributed by atoms with van der Waals surface area (Å²) in [6.07, 6.45) is 3.97. The largest absolute Gasteiger partial charge is 0.497 e. The van der Waals surface area contributed by atoms with Crippen molar-refractivity contribution < 1.29 is 9.13 Å². The third-order valence-electron chi connectivity index (χ3n) is 5.89. The fourth-order valence-electron chi connectivity index (χ4n) is 3.98. The van der Waals surface area contributed by atoms with Crippen molar-refractivity contribution in [1.29, 1.82) is 0 Å². The highest BCUT2D eigenvalue weighted by Gasteiger charge is 2.16. The molecule has 0 aliphatic carbocycles. The van der Waals surface area contributed by atoms with Gasteiger partial charge in [-0.2, -0.15) is 5.10 Å². The van der Waals surface area contributed by atoms with Crippen LogP contribution in [0, 0.1) is 5.82 Å². The van der Waals surface area contributed by atoms with Crippen molar-refractivity contribution in [2.75, 3.05) is 12.4 Å². The highest BCUT2D eigenvalue weighted by molar-refractivity contribution is 6.30. The van der Waals surface area contributed by atoms with E-state index in [-0.39, 0.29) is 5.92 Å². The molecule has 2 N–H and O–H groups in total. The van der Waals surface area contributed by atoms with Crippen molar-refractivity contribution in [3.05, 3.63) is 88.7 Å². The number of anilines is 2. The first-order valence-electron chi connectivity index (χ1n) is 11.5. The Morgan fingerprint density at radius 1 is 1.06 bits per heavy atom. The van der Waals surface area contributed by atoms with Crippen LogP contribution in [0.1, 0.15) is 36.7 Å². The molecule has 0 unspecified atom stereocenters. The van der Waals surface area contributed by atoms with Crippen LogP contribution in [0.2, 0.25) is 5.02 Å². The molecule has 0 saturated heterocycles. The second kappa shape index (κ2) is 9.91. The minimum atomic E-state index is -0.392. The van der Waals surface area contributed by atoms with Crippen LogP contribution in [0.5, 0.6) is 5.75 Å². The van der Waals surface area contributed by atoms with E-state index in [4.69, 9.17) is 21.3 Å². The highest BCUT2D eigenvalue weighted by Crippen LogP contribution is 2.33. The first-order valence-corrected chi connectivity index (χ1v) is 11.8. The Morgan fingerprint density at radius 3 is 2.61 bits per heavy atom. The van der Waals surface area contributed by atoms with Crippen LogP contribution in [0.15, 0.2) is 60.9 Å². The Bertz CT molecular complexity index is 1530. The van der Waals surface area contributed by atoms with E-state index in [1.807, 2.05) is 30.3 Å². The molecule has 2 aromatic carbocycles. The van der Waals surface area contributed by atoms with E-state index in [1.165, 1.54) is 12.1 Å². The number of aromatic nitrogens is 5. The van der Waals surface area contributed by atoms with Gasteiger partial charge in [0.05, 0.1) is 24.4 Å². The Kier molecular flexibility index (Phi) is 6.52. The Hall–Kier alpha value is -4.04. The van der Waals surface area contributed by atoms with Gasteiger partial charge in [0.15, 0.2) is 5.65 Å². The molecule has 0 aliphatic heterocycles. The number of methoxy groups -OCH3 is 1. The van der Waals surface area contributed by atoms with Gasteiger partial charge in [-0.1, -0.05) is 37.6 Å². The van der Waals surface area contributed by atoms with Gasteiger partial charge in [0.1, 0.15) is 23.2 Å². The number of hydrogen-bond donors (Lipinski definition) is 2. The predicted molar refractivity (Wildman–Crippen MR) is 139 cm³/mol. The maximum absolute atomic E-state index is 14.6. The third kappa shape index (κ3) is 4.85. The number of hydrogen-bond acceptors (Lipinski definition) is 6. The summed E-state index contributed by atoms with van der Waals surface area (Å²) < 4.78 is 19.8. The summed E-state index contributed by atoms with van der Waals surface area (Å²) in [4.78, 5) is 14.0. The van der Waals surface area contributed by atoms with Crippen molar-refractivity contribution in [1.82, 2.24) is 25.1 Å². The molecule has 0 fully saturated rings. The van der Waals surface area contributed by atoms with Crippen molar-refractivity contribution in [3.8, 4) is 17.0 Å². The van der Waals surface area contributed by atoms with Crippen LogP contribution >= 0.6 is 11.6 Å². The molecular weight excluding hydrogens is 479 g/mol. The second-order valence-electron chi connectivity index (χ2n) is 8.71. The molecule has 0 amide bonds. The molecule has 0 atom stereocenters. The summed E-state index contributed by atoms with van der Waals surface area (Å²) in [6.45, 7) is 4.15. The smallest absolute Gasteiger partial charge is 0.161 e. The van der Waals surface area contributed by atoms with Crippen LogP contribution in [-0.4, -0.2) is 32.3 Å². The number of nitrogens with zero attached hydrogens (tertiary/aromatic N) is 4. The normalized spacial score (nSPS) is 11.3. The van der Waals surface area contributed by atoms with Crippen LogP contribution in [0.3, 0.4) is 0 Å². The molecule has 3 aromatic heterocycles. The van der Waals surface area contributed by atoms with Gasteiger partial charge in [0.2, 0.25) is 0 Å². The molecule has 0 saturated carbocycles. The number of benzene rings is 2. The monoisotopic (exact) mass is 502 g/mol. The lowest BCUT2D eigenvalue weighted by molar-refractivity contribution is 0.414. The number of H-pyrrole nitrogens is 1. The van der Waals surface area contributed by atoms with E-state index in [2.05, 4.69) is 39.3 Å². The summed E-state index contributed by atoms with van der Waals surface area (Å²) >= 11 is 6.13. The average molecular weight is 503 g/mol. The van der Waals surface area contributed by atoms with E-state index in [0.717, 1.165) is 28.0 Å². The average Bonchev–Trinajstić information content (AvgIpc) is 3.35. The number of rotatable bonds is 7. The zero-order chi connectivity index (χ0) is 25.2. The van der Waals surface area contributed by atoms with Crippen molar-refractivity contribution in [2.45, 2.75) is 26.2 Å². The Labute approximate surface area is 212 Å². The van der Waals surface area contributed by atoms with Crippen molar-refractivity contribution in [3.63, 3.8) is 0 Å². The van der Waals surface area contributed by atoms with Crippen LogP contribution in [0.4, 0.5) is 15.9 Å². The van der Waals surface area contributed by atoms with E-state index in [9.17, 15) is 4.39 Å². The van der Waals surface area contributed by atoms with Gasteiger partial charge in [-0.3, -0.25) is 10.1 Å². The number of ether oxygens (including phenoxy) is 1. The van der Waals surface area contributed by atoms with E-state index in [1.54, 1.807) is 25.6 Å². The number of nitrogens with one attached hydrogen (secondary N) is 2. The van der Waals surface area contributed by atoms with Gasteiger partial charge in [-0.15, -0.1) is 0 Å². The Balaban J connectivity index is 1.55. The van der Waals surface area contributed by atoms with Crippen LogP contribution in [-0.2, 0) is 6.42 Å². The third-order valence-corrected chi connectivity index (χ3v) is 6.13. The van der Waals surface area contributed by atoms with Crippen LogP contribution in [0.25, 0.3) is 22.3 Å². The molecule has 9 heteroatoms. The summed E-state index contributed by atoms with van der Waals surface area (Å²) in [5, 5.41) is 11.7. The zero-order valence-corrected chi connectivity index (χ0v) is 20.8. The maximum Gasteiger partial charge on any atom is 0.161 e. The van der Waals surface area contributed by atoms with Gasteiger partial charge in [-0.25, -0.2) is 14.4 Å². The number of pyridine rings is 1. The zero-order valence-electron chi connectivity index (χ0n) is 20.0. The molecule has 7 nitrogen and oxygen atoms in total. The minimum absolute atomic E-state index is 0.165. The summed E-state index contributed by atoms with van der Waals surface area (Å²) in [6, 6.07) is 14.0. The fraction of sp³-hybridized carbons (Fsp3) is 0.185. The first kappa shape index (κ1) is 23.7. The van der Waals surface area contributed by atoms with Crippen molar-refractivity contribution >= 4 is 34.1 Å². The fourth-order valence-corrected chi connectivity index (χ4v) is 4.16. The molecule has 0 spiro atoms. The lowest BCUT2D eigenvalue weighted by atomic mass is 10.0. The summed E-state index contributed by atoms with van der Waals surface area (Å²) in [7, 11) is 1.64. The highest BCUT2D eigenvalue weighted by atomic mass is 35.5. The number of fused-ring (bicyclic) bond motifs is 1. The van der Waals surface area contributed by atoms with Crippen molar-refractivity contribution in [2.24, 2.45) is 0 Å². The first-order chi connectivity index (χ1) is 17.4. The topological polar surface area (TPSA) is 88.6 Å². The molecule has 0 radical (unpaired) electrons. The standard InChI is InChI=1S/C27H24ClFN6O/c1-15(2)20-13-30-23(19-11-17(28)6-9-22(19)29)12-24(20)32-26-21-14-31-35-27(21)34-25(33-26)10-16-4-7-18(36-3)8-5-16/h4-9,11-15H,10H2,1-3H3,(H2,30,31,32,33,34,35). The van der Waals surface area contributed by atoms with Gasteiger partial charge >= 0.3 is 0 Å². The number of aromatic amines is 1. The molecule has 0 bridgehead atoms. The SMILES string of the molecule is COc1ccc(Cc2nc(Nc3cc(-c4cc(Cl)ccc4F)ncc3C(C)C)c3cn[nH]c3n2)cc1. The Morgan fingerprint density at radius 2 is 1.86 bits per heavy atom. The molecule has 5 rings (SSSR count). The second-order valence-corrected chi connectivity index (χ2v) is 9.14. The molecule has 0 aliphatic rings. The lowest BCUT2D eigenvalue weighted by Gasteiger charge is -2.16.